The Hall–Kier alpha value is -1.35. The third kappa shape index (κ3) is 4.85. The second kappa shape index (κ2) is 7.60. The predicted molar refractivity (Wildman–Crippen MR) is 82.6 cm³/mol. The molecule has 0 saturated carbocycles. The lowest BCUT2D eigenvalue weighted by atomic mass is 9.95. The molecule has 21 heavy (non-hydrogen) atoms. The lowest BCUT2D eigenvalue weighted by molar-refractivity contribution is -0.144. The van der Waals surface area contributed by atoms with E-state index in [4.69, 9.17) is 9.47 Å². The molecule has 1 aromatic carbocycles. The van der Waals surface area contributed by atoms with Crippen LogP contribution >= 0.6 is 0 Å². The molecule has 1 fully saturated rings. The van der Waals surface area contributed by atoms with Gasteiger partial charge in [-0.25, -0.2) is 4.79 Å². The standard InChI is InChI=1S/C18H26O3/c1-13(2)8-7-9-14(3)12-16-17(19)21-18(20-16)15-10-5-4-6-11-15/h4-6,10-11,13-14,16,18H,7-9,12H2,1-3H3/t14-,16-,18?/m1/s1. The van der Waals surface area contributed by atoms with Crippen LogP contribution in [0.15, 0.2) is 30.3 Å². The lowest BCUT2D eigenvalue weighted by Crippen LogP contribution is -2.19. The number of carbonyl (C=O) groups is 1. The molecule has 1 aliphatic rings. The maximum absolute atomic E-state index is 11.9. The van der Waals surface area contributed by atoms with Crippen LogP contribution in [-0.4, -0.2) is 12.1 Å². The average Bonchev–Trinajstić information content (AvgIpc) is 2.81. The summed E-state index contributed by atoms with van der Waals surface area (Å²) in [6, 6.07) is 9.64. The zero-order chi connectivity index (χ0) is 15.2. The molecule has 0 N–H and O–H groups in total. The SMILES string of the molecule is CC(C)CCC[C@@H](C)C[C@H]1OC(c2ccccc2)OC1=O. The van der Waals surface area contributed by atoms with Crippen molar-refractivity contribution in [1.29, 1.82) is 0 Å². The summed E-state index contributed by atoms with van der Waals surface area (Å²) in [6.45, 7) is 6.67. The molecule has 116 valence electrons. The average molecular weight is 290 g/mol. The van der Waals surface area contributed by atoms with Crippen LogP contribution in [0.4, 0.5) is 0 Å². The summed E-state index contributed by atoms with van der Waals surface area (Å²) in [4.78, 5) is 11.9. The number of benzene rings is 1. The minimum atomic E-state index is -0.536. The van der Waals surface area contributed by atoms with E-state index in [1.54, 1.807) is 0 Å². The highest BCUT2D eigenvalue weighted by Crippen LogP contribution is 2.31. The molecule has 3 nitrogen and oxygen atoms in total. The predicted octanol–water partition coefficient (Wildman–Crippen LogP) is 4.48. The van der Waals surface area contributed by atoms with Crippen LogP contribution in [0, 0.1) is 11.8 Å². The number of carbonyl (C=O) groups excluding carboxylic acids is 1. The molecule has 1 saturated heterocycles. The van der Waals surface area contributed by atoms with E-state index in [9.17, 15) is 4.79 Å². The Bertz CT molecular complexity index is 441. The van der Waals surface area contributed by atoms with E-state index in [-0.39, 0.29) is 5.97 Å². The molecule has 1 aliphatic heterocycles. The normalized spacial score (nSPS) is 23.3. The minimum absolute atomic E-state index is 0.223. The van der Waals surface area contributed by atoms with Gasteiger partial charge in [0.1, 0.15) is 0 Å². The molecule has 0 aliphatic carbocycles. The van der Waals surface area contributed by atoms with Crippen LogP contribution in [0.25, 0.3) is 0 Å². The summed E-state index contributed by atoms with van der Waals surface area (Å²) < 4.78 is 11.1. The van der Waals surface area contributed by atoms with Crippen molar-refractivity contribution < 1.29 is 14.3 Å². The van der Waals surface area contributed by atoms with Gasteiger partial charge in [-0.2, -0.15) is 0 Å². The highest BCUT2D eigenvalue weighted by Gasteiger charge is 2.36. The monoisotopic (exact) mass is 290 g/mol. The minimum Gasteiger partial charge on any atom is -0.429 e. The molecule has 0 bridgehead atoms. The Labute approximate surface area is 127 Å². The fourth-order valence-corrected chi connectivity index (χ4v) is 2.68. The van der Waals surface area contributed by atoms with Crippen molar-refractivity contribution in [1.82, 2.24) is 0 Å². The summed E-state index contributed by atoms with van der Waals surface area (Å²) in [5, 5.41) is 0. The third-order valence-electron chi connectivity index (χ3n) is 3.94. The number of hydrogen-bond donors (Lipinski definition) is 0. The van der Waals surface area contributed by atoms with Crippen LogP contribution in [-0.2, 0) is 14.3 Å². The van der Waals surface area contributed by atoms with E-state index in [0.29, 0.717) is 5.92 Å². The van der Waals surface area contributed by atoms with E-state index in [1.807, 2.05) is 30.3 Å². The van der Waals surface area contributed by atoms with Gasteiger partial charge < -0.3 is 9.47 Å². The Morgan fingerprint density at radius 3 is 2.48 bits per heavy atom. The lowest BCUT2D eigenvalue weighted by Gasteiger charge is -2.15. The van der Waals surface area contributed by atoms with Crippen LogP contribution in [0.1, 0.15) is 58.3 Å². The summed E-state index contributed by atoms with van der Waals surface area (Å²) in [6.07, 6.45) is 3.40. The van der Waals surface area contributed by atoms with Gasteiger partial charge in [-0.3, -0.25) is 0 Å². The molecule has 0 aromatic heterocycles. The fraction of sp³-hybridized carbons (Fsp3) is 0.611. The highest BCUT2D eigenvalue weighted by molar-refractivity contribution is 5.76. The molecule has 1 unspecified atom stereocenters. The first-order valence-electron chi connectivity index (χ1n) is 7.97. The smallest absolute Gasteiger partial charge is 0.338 e. The summed E-state index contributed by atoms with van der Waals surface area (Å²) in [5.41, 5.74) is 0.904. The molecular weight excluding hydrogens is 264 g/mol. The van der Waals surface area contributed by atoms with Crippen LogP contribution in [0.2, 0.25) is 0 Å². The number of ether oxygens (including phenoxy) is 2. The van der Waals surface area contributed by atoms with E-state index in [2.05, 4.69) is 20.8 Å². The molecule has 3 heteroatoms. The summed E-state index contributed by atoms with van der Waals surface area (Å²) >= 11 is 0. The molecule has 0 spiro atoms. The number of esters is 1. The van der Waals surface area contributed by atoms with Crippen molar-refractivity contribution in [2.24, 2.45) is 11.8 Å². The van der Waals surface area contributed by atoms with Crippen molar-refractivity contribution in [2.45, 2.75) is 58.8 Å². The van der Waals surface area contributed by atoms with Crippen LogP contribution in [0.5, 0.6) is 0 Å². The van der Waals surface area contributed by atoms with Crippen molar-refractivity contribution in [3.63, 3.8) is 0 Å². The first-order chi connectivity index (χ1) is 10.1. The Morgan fingerprint density at radius 1 is 1.10 bits per heavy atom. The quantitative estimate of drug-likeness (QED) is 0.695. The van der Waals surface area contributed by atoms with Crippen LogP contribution < -0.4 is 0 Å². The van der Waals surface area contributed by atoms with Gasteiger partial charge in [0.15, 0.2) is 6.10 Å². The van der Waals surface area contributed by atoms with Gasteiger partial charge in [-0.15, -0.1) is 0 Å². The molecule has 1 heterocycles. The zero-order valence-corrected chi connectivity index (χ0v) is 13.2. The van der Waals surface area contributed by atoms with E-state index < -0.39 is 12.4 Å². The van der Waals surface area contributed by atoms with E-state index in [0.717, 1.165) is 24.3 Å². The van der Waals surface area contributed by atoms with Crippen molar-refractivity contribution in [3.8, 4) is 0 Å². The van der Waals surface area contributed by atoms with Gasteiger partial charge in [0.2, 0.25) is 6.29 Å². The van der Waals surface area contributed by atoms with Gasteiger partial charge in [0, 0.05) is 5.56 Å². The van der Waals surface area contributed by atoms with Gasteiger partial charge in [-0.05, 0) is 18.3 Å². The zero-order valence-electron chi connectivity index (χ0n) is 13.2. The van der Waals surface area contributed by atoms with Crippen molar-refractivity contribution in [3.05, 3.63) is 35.9 Å². The van der Waals surface area contributed by atoms with Gasteiger partial charge in [-0.1, -0.05) is 70.4 Å². The molecule has 0 amide bonds. The summed E-state index contributed by atoms with van der Waals surface area (Å²) in [7, 11) is 0. The third-order valence-corrected chi connectivity index (χ3v) is 3.94. The number of cyclic esters (lactones) is 1. The maximum Gasteiger partial charge on any atom is 0.338 e. The van der Waals surface area contributed by atoms with Crippen molar-refractivity contribution >= 4 is 5.97 Å². The Kier molecular flexibility index (Phi) is 5.80. The molecule has 0 radical (unpaired) electrons. The van der Waals surface area contributed by atoms with Crippen molar-refractivity contribution in [2.75, 3.05) is 0 Å². The first kappa shape index (κ1) is 16.0. The second-order valence-corrected chi connectivity index (χ2v) is 6.47. The van der Waals surface area contributed by atoms with E-state index in [1.165, 1.54) is 12.8 Å². The van der Waals surface area contributed by atoms with Gasteiger partial charge in [0.25, 0.3) is 0 Å². The molecule has 1 aromatic rings. The Balaban J connectivity index is 1.80. The Morgan fingerprint density at radius 2 is 1.81 bits per heavy atom. The first-order valence-corrected chi connectivity index (χ1v) is 7.97. The topological polar surface area (TPSA) is 35.5 Å². The summed E-state index contributed by atoms with van der Waals surface area (Å²) in [5.74, 6) is 1.00. The number of rotatable bonds is 7. The highest BCUT2D eigenvalue weighted by atomic mass is 16.8. The number of hydrogen-bond acceptors (Lipinski definition) is 3. The van der Waals surface area contributed by atoms with Gasteiger partial charge in [0.05, 0.1) is 0 Å². The molecule has 3 atom stereocenters. The second-order valence-electron chi connectivity index (χ2n) is 6.47. The largest absolute Gasteiger partial charge is 0.429 e. The van der Waals surface area contributed by atoms with Gasteiger partial charge >= 0.3 is 5.97 Å². The van der Waals surface area contributed by atoms with Crippen LogP contribution in [0.3, 0.4) is 0 Å². The molecule has 2 rings (SSSR count). The maximum atomic E-state index is 11.9. The fourth-order valence-electron chi connectivity index (χ4n) is 2.68. The molecular formula is C18H26O3. The van der Waals surface area contributed by atoms with E-state index >= 15 is 0 Å².